The van der Waals surface area contributed by atoms with Crippen LogP contribution < -0.4 is 0 Å². The Kier molecular flexibility index (Phi) is 17.7. The standard InChI is InChI=1S/C39H26FN.2C38H24FN/c1-25-18-19-27(24-35(25)40)39-33-14-4-2-12-31(33)38(32-13-3-5-15-34(32)39)26-20-22-28(23-21-26)41-36-16-8-6-10-29(36)30-11-7-9-17-37(30)41;39-34-18-8-5-17-33(34)38-31-15-3-1-13-29(31)37(30-14-2-4-16-32(30)38)25-21-23-26(24-22-25)40-35-19-9-6-11-27(35)28-12-7-10-20-36(28)40;39-27-11-9-10-26(24-27)38-33-16-3-1-14-31(33)37(32-15-2-4-17-34(32)38)25-20-22-28(23-21-25)40-35-18-7-5-12-29(35)30-13-6-8-19-36(30)40/h2-24H,1H3;2*1-24H. The number of rotatable bonds is 9. The van der Waals surface area contributed by atoms with Crippen LogP contribution in [-0.4, -0.2) is 13.7 Å². The normalized spacial score (nSPS) is 11.6. The van der Waals surface area contributed by atoms with Gasteiger partial charge in [-0.3, -0.25) is 0 Å². The summed E-state index contributed by atoms with van der Waals surface area (Å²) in [6, 6.07) is 148. The van der Waals surface area contributed by atoms with E-state index in [9.17, 15) is 8.78 Å². The molecular formula is C115H74F3N3. The summed E-state index contributed by atoms with van der Waals surface area (Å²) in [7, 11) is 0. The fraction of sp³-hybridized carbons (Fsp3) is 0.00870. The van der Waals surface area contributed by atoms with Gasteiger partial charge >= 0.3 is 0 Å². The Morgan fingerprint density at radius 3 is 0.653 bits per heavy atom. The molecule has 3 heterocycles. The van der Waals surface area contributed by atoms with Gasteiger partial charge in [0.15, 0.2) is 0 Å². The maximum Gasteiger partial charge on any atom is 0.131 e. The van der Waals surface area contributed by atoms with Gasteiger partial charge in [0, 0.05) is 60.5 Å². The van der Waals surface area contributed by atoms with Gasteiger partial charge in [-0.15, -0.1) is 0 Å². The number of halogens is 3. The molecule has 3 nitrogen and oxygen atoms in total. The van der Waals surface area contributed by atoms with Gasteiger partial charge in [0.25, 0.3) is 0 Å². The number of hydrogen-bond donors (Lipinski definition) is 0. The van der Waals surface area contributed by atoms with Crippen LogP contribution in [0, 0.1) is 24.4 Å². The highest BCUT2D eigenvalue weighted by molar-refractivity contribution is 6.25. The van der Waals surface area contributed by atoms with Crippen LogP contribution in [0.2, 0.25) is 0 Å². The van der Waals surface area contributed by atoms with Crippen LogP contribution >= 0.6 is 0 Å². The molecule has 0 spiro atoms. The van der Waals surface area contributed by atoms with Crippen molar-refractivity contribution in [2.45, 2.75) is 6.92 Å². The van der Waals surface area contributed by atoms with E-state index in [4.69, 9.17) is 0 Å². The summed E-state index contributed by atoms with van der Waals surface area (Å²) in [5.74, 6) is -0.614. The topological polar surface area (TPSA) is 14.8 Å². The molecule has 570 valence electrons. The Bertz CT molecular complexity index is 7920. The Morgan fingerprint density at radius 2 is 0.388 bits per heavy atom. The SMILES string of the molecule is Cc1ccc(-c2c3ccccc3c(-c3ccc(-n4c5ccccc5c5ccccc54)cc3)c3ccccc23)cc1F.Fc1cccc(-c2c3ccccc3c(-c3ccc(-n4c5ccccc5c5ccccc54)cc3)c3ccccc23)c1.Fc1ccccc1-c1c2ccccc2c(-c2ccc(-n3c4ccccc4c4ccccc43)cc2)c2ccccc12. The lowest BCUT2D eigenvalue weighted by molar-refractivity contribution is 0.619. The Morgan fingerprint density at radius 1 is 0.165 bits per heavy atom. The van der Waals surface area contributed by atoms with Crippen molar-refractivity contribution in [1.82, 2.24) is 13.7 Å². The van der Waals surface area contributed by atoms with Crippen LogP contribution in [0.3, 0.4) is 0 Å². The van der Waals surface area contributed by atoms with Crippen LogP contribution in [0.15, 0.2) is 431 Å². The van der Waals surface area contributed by atoms with Crippen molar-refractivity contribution in [3.05, 3.63) is 454 Å². The second-order valence-electron chi connectivity index (χ2n) is 31.2. The number of para-hydroxylation sites is 6. The molecule has 21 aromatic carbocycles. The average Bonchev–Trinajstić information content (AvgIpc) is 1.71. The summed E-state index contributed by atoms with van der Waals surface area (Å²) < 4.78 is 51.3. The van der Waals surface area contributed by atoms with E-state index in [2.05, 4.69) is 366 Å². The Labute approximate surface area is 696 Å². The van der Waals surface area contributed by atoms with Crippen molar-refractivity contribution < 1.29 is 13.2 Å². The smallest absolute Gasteiger partial charge is 0.131 e. The minimum atomic E-state index is -0.226. The molecule has 24 aromatic rings. The van der Waals surface area contributed by atoms with E-state index >= 15 is 4.39 Å². The fourth-order valence-corrected chi connectivity index (χ4v) is 19.2. The molecule has 0 aliphatic rings. The second-order valence-corrected chi connectivity index (χ2v) is 31.2. The molecule has 0 aliphatic heterocycles. The number of fused-ring (bicyclic) bond motifs is 15. The number of aromatic nitrogens is 3. The quantitative estimate of drug-likeness (QED) is 0.128. The molecular weight excluding hydrogens is 1480 g/mol. The van der Waals surface area contributed by atoms with Gasteiger partial charge in [-0.05, 0) is 230 Å². The molecule has 0 bridgehead atoms. The zero-order valence-corrected chi connectivity index (χ0v) is 66.0. The van der Waals surface area contributed by atoms with E-state index in [0.717, 1.165) is 126 Å². The maximum atomic E-state index is 15.2. The van der Waals surface area contributed by atoms with Crippen molar-refractivity contribution in [1.29, 1.82) is 0 Å². The lowest BCUT2D eigenvalue weighted by atomic mass is 9.86. The highest BCUT2D eigenvalue weighted by atomic mass is 19.1. The molecule has 0 radical (unpaired) electrons. The molecule has 3 aromatic heterocycles. The van der Waals surface area contributed by atoms with Gasteiger partial charge in [-0.25, -0.2) is 13.2 Å². The number of aryl methyl sites for hydroxylation is 1. The first-order valence-electron chi connectivity index (χ1n) is 41.1. The molecule has 0 fully saturated rings. The second kappa shape index (κ2) is 29.8. The summed E-state index contributed by atoms with van der Waals surface area (Å²) in [5, 5.41) is 21.0. The molecule has 0 atom stereocenters. The van der Waals surface area contributed by atoms with E-state index in [1.807, 2.05) is 42.5 Å². The van der Waals surface area contributed by atoms with E-state index in [-0.39, 0.29) is 17.5 Å². The van der Waals surface area contributed by atoms with Gasteiger partial charge in [0.1, 0.15) is 17.5 Å². The van der Waals surface area contributed by atoms with Gasteiger partial charge in [-0.2, -0.15) is 0 Å². The minimum absolute atomic E-state index is 0.180. The van der Waals surface area contributed by atoms with Crippen LogP contribution in [0.1, 0.15) is 5.56 Å². The Hall–Kier alpha value is -15.6. The summed E-state index contributed by atoms with van der Waals surface area (Å²) in [5.41, 5.74) is 23.7. The minimum Gasteiger partial charge on any atom is -0.309 e. The first-order valence-corrected chi connectivity index (χ1v) is 41.1. The van der Waals surface area contributed by atoms with E-state index < -0.39 is 0 Å². The summed E-state index contributed by atoms with van der Waals surface area (Å²) in [4.78, 5) is 0. The van der Waals surface area contributed by atoms with E-state index in [1.54, 1.807) is 37.3 Å². The van der Waals surface area contributed by atoms with Crippen LogP contribution in [0.4, 0.5) is 13.2 Å². The van der Waals surface area contributed by atoms with Crippen molar-refractivity contribution in [3.63, 3.8) is 0 Å². The first-order chi connectivity index (χ1) is 59.8. The molecule has 0 N–H and O–H groups in total. The summed E-state index contributed by atoms with van der Waals surface area (Å²) >= 11 is 0. The fourth-order valence-electron chi connectivity index (χ4n) is 19.2. The van der Waals surface area contributed by atoms with Crippen molar-refractivity contribution >= 4 is 130 Å². The van der Waals surface area contributed by atoms with Crippen molar-refractivity contribution in [3.8, 4) is 83.8 Å². The molecule has 0 aliphatic carbocycles. The lowest BCUT2D eigenvalue weighted by Gasteiger charge is -2.18. The zero-order chi connectivity index (χ0) is 80.8. The van der Waals surface area contributed by atoms with Gasteiger partial charge in [-0.1, -0.05) is 334 Å². The van der Waals surface area contributed by atoms with Crippen molar-refractivity contribution in [2.75, 3.05) is 0 Å². The number of benzene rings is 21. The molecule has 0 saturated carbocycles. The van der Waals surface area contributed by atoms with Gasteiger partial charge in [0.2, 0.25) is 0 Å². The lowest BCUT2D eigenvalue weighted by Crippen LogP contribution is -1.95. The third kappa shape index (κ3) is 12.1. The molecule has 6 heteroatoms. The first kappa shape index (κ1) is 71.9. The third-order valence-electron chi connectivity index (χ3n) is 24.5. The predicted molar refractivity (Wildman–Crippen MR) is 505 cm³/mol. The molecule has 0 amide bonds. The van der Waals surface area contributed by atoms with Crippen molar-refractivity contribution in [2.24, 2.45) is 0 Å². The molecule has 121 heavy (non-hydrogen) atoms. The van der Waals surface area contributed by atoms with Gasteiger partial charge < -0.3 is 13.7 Å². The van der Waals surface area contributed by atoms with Crippen LogP contribution in [-0.2, 0) is 0 Å². The molecule has 0 saturated heterocycles. The highest BCUT2D eigenvalue weighted by Crippen LogP contribution is 2.49. The largest absolute Gasteiger partial charge is 0.309 e. The predicted octanol–water partition coefficient (Wildman–Crippen LogP) is 32.0. The Balaban J connectivity index is 0.000000109. The molecule has 0 unspecified atom stereocenters. The monoisotopic (exact) mass is 1550 g/mol. The van der Waals surface area contributed by atoms with Gasteiger partial charge in [0.05, 0.1) is 33.1 Å². The van der Waals surface area contributed by atoms with E-state index in [1.165, 1.54) is 88.2 Å². The molecule has 24 rings (SSSR count). The summed E-state index contributed by atoms with van der Waals surface area (Å²) in [6.45, 7) is 1.81. The summed E-state index contributed by atoms with van der Waals surface area (Å²) in [6.07, 6.45) is 0. The number of nitrogens with zero attached hydrogens (tertiary/aromatic N) is 3. The highest BCUT2D eigenvalue weighted by Gasteiger charge is 2.24. The maximum absolute atomic E-state index is 15.2. The zero-order valence-electron chi connectivity index (χ0n) is 66.0. The average molecular weight is 1550 g/mol. The third-order valence-corrected chi connectivity index (χ3v) is 24.5. The van der Waals surface area contributed by atoms with Crippen LogP contribution in [0.5, 0.6) is 0 Å². The number of hydrogen-bond acceptors (Lipinski definition) is 0. The van der Waals surface area contributed by atoms with Crippen LogP contribution in [0.25, 0.3) is 214 Å². The van der Waals surface area contributed by atoms with E-state index in [0.29, 0.717) is 11.1 Å².